The van der Waals surface area contributed by atoms with E-state index in [-0.39, 0.29) is 17.2 Å². The highest BCUT2D eigenvalue weighted by Crippen LogP contribution is 2.20. The highest BCUT2D eigenvalue weighted by Gasteiger charge is 2.11. The maximum absolute atomic E-state index is 12.4. The van der Waals surface area contributed by atoms with Crippen molar-refractivity contribution in [1.29, 1.82) is 5.26 Å². The number of nitrogens with zero attached hydrogens (tertiary/aromatic N) is 4. The minimum atomic E-state index is -0.272. The number of hydrogen-bond donors (Lipinski definition) is 2. The Morgan fingerprint density at radius 2 is 1.80 bits per heavy atom. The van der Waals surface area contributed by atoms with Gasteiger partial charge < -0.3 is 10.4 Å². The summed E-state index contributed by atoms with van der Waals surface area (Å²) < 4.78 is 1.37. The highest BCUT2D eigenvalue weighted by atomic mass is 16.3. The molecule has 2 aromatic heterocycles. The Balaban J connectivity index is 1.40. The van der Waals surface area contributed by atoms with Crippen molar-refractivity contribution in [3.63, 3.8) is 0 Å². The molecule has 0 spiro atoms. The lowest BCUT2D eigenvalue weighted by Gasteiger charge is -2.06. The average Bonchev–Trinajstić information content (AvgIpc) is 3.29. The van der Waals surface area contributed by atoms with Crippen LogP contribution in [0.15, 0.2) is 79.3 Å². The van der Waals surface area contributed by atoms with Gasteiger partial charge in [0.2, 0.25) is 0 Å². The zero-order valence-electron chi connectivity index (χ0n) is 15.9. The summed E-state index contributed by atoms with van der Waals surface area (Å²) in [5.74, 6) is -0.156. The summed E-state index contributed by atoms with van der Waals surface area (Å²) in [6, 6.07) is 21.3. The Morgan fingerprint density at radius 1 is 1.07 bits per heavy atom. The van der Waals surface area contributed by atoms with E-state index in [1.165, 1.54) is 29.3 Å². The largest absolute Gasteiger partial charge is 0.506 e. The van der Waals surface area contributed by atoms with Crippen molar-refractivity contribution in [2.75, 3.05) is 0 Å². The maximum Gasteiger partial charge on any atom is 0.254 e. The van der Waals surface area contributed by atoms with Crippen molar-refractivity contribution in [3.05, 3.63) is 95.9 Å². The second-order valence-electron chi connectivity index (χ2n) is 6.59. The second-order valence-corrected chi connectivity index (χ2v) is 6.59. The number of pyridine rings is 1. The smallest absolute Gasteiger partial charge is 0.254 e. The molecule has 0 aliphatic rings. The van der Waals surface area contributed by atoms with Crippen LogP contribution >= 0.6 is 0 Å². The number of nitriles is 1. The van der Waals surface area contributed by atoms with Crippen LogP contribution < -0.4 is 5.32 Å². The van der Waals surface area contributed by atoms with E-state index in [0.29, 0.717) is 17.9 Å². The third-order valence-electron chi connectivity index (χ3n) is 4.58. The van der Waals surface area contributed by atoms with Gasteiger partial charge in [-0.25, -0.2) is 9.67 Å². The van der Waals surface area contributed by atoms with Gasteiger partial charge in [0.15, 0.2) is 5.82 Å². The Labute approximate surface area is 172 Å². The molecular weight excluding hydrogens is 378 g/mol. The molecule has 30 heavy (non-hydrogen) atoms. The minimum Gasteiger partial charge on any atom is -0.506 e. The van der Waals surface area contributed by atoms with Gasteiger partial charge in [0.1, 0.15) is 17.4 Å². The highest BCUT2D eigenvalue weighted by molar-refractivity contribution is 5.93. The molecule has 0 bridgehead atoms. The fraction of sp³-hybridized carbons (Fsp3) is 0.0435. The normalized spacial score (nSPS) is 10.4. The van der Waals surface area contributed by atoms with Gasteiger partial charge in [-0.3, -0.25) is 4.79 Å². The van der Waals surface area contributed by atoms with E-state index in [0.717, 1.165) is 16.7 Å². The number of nitrogens with one attached hydrogen (secondary N) is 1. The van der Waals surface area contributed by atoms with Crippen LogP contribution in [0.3, 0.4) is 0 Å². The van der Waals surface area contributed by atoms with Crippen LogP contribution in [0.1, 0.15) is 21.5 Å². The molecule has 0 unspecified atom stereocenters. The zero-order valence-corrected chi connectivity index (χ0v) is 15.9. The summed E-state index contributed by atoms with van der Waals surface area (Å²) in [6.45, 7) is 0.384. The van der Waals surface area contributed by atoms with Crippen molar-refractivity contribution < 1.29 is 9.90 Å². The van der Waals surface area contributed by atoms with Crippen molar-refractivity contribution in [2.24, 2.45) is 0 Å². The lowest BCUT2D eigenvalue weighted by molar-refractivity contribution is 0.0951. The standard InChI is InChI=1S/C23H17N5O2/c24-11-19-13-25-22(10-21(19)29)28-15-20(14-27-28)23(30)26-12-16-6-8-18(9-7-16)17-4-2-1-3-5-17/h1-10,13-15H,12H2,(H,25,29)(H,26,30). The number of benzene rings is 2. The number of hydrogen-bond acceptors (Lipinski definition) is 5. The van der Waals surface area contributed by atoms with Crippen molar-refractivity contribution in [1.82, 2.24) is 20.1 Å². The van der Waals surface area contributed by atoms with Gasteiger partial charge in [-0.15, -0.1) is 0 Å². The Hall–Kier alpha value is -4.44. The summed E-state index contributed by atoms with van der Waals surface area (Å²) in [7, 11) is 0. The van der Waals surface area contributed by atoms with Crippen LogP contribution in [0.5, 0.6) is 5.75 Å². The molecule has 0 saturated carbocycles. The van der Waals surface area contributed by atoms with Gasteiger partial charge in [0, 0.05) is 18.8 Å². The number of carbonyl (C=O) groups excluding carboxylic acids is 1. The molecule has 7 nitrogen and oxygen atoms in total. The minimum absolute atomic E-state index is 0.0714. The van der Waals surface area contributed by atoms with Crippen molar-refractivity contribution in [2.45, 2.75) is 6.54 Å². The SMILES string of the molecule is N#Cc1cnc(-n2cc(C(=O)NCc3ccc(-c4ccccc4)cc3)cn2)cc1O. The van der Waals surface area contributed by atoms with Crippen LogP contribution in [0.25, 0.3) is 16.9 Å². The number of aromatic nitrogens is 3. The van der Waals surface area contributed by atoms with Crippen LogP contribution in [0, 0.1) is 11.3 Å². The molecule has 0 aliphatic heterocycles. The van der Waals surface area contributed by atoms with Crippen LogP contribution in [0.2, 0.25) is 0 Å². The molecule has 1 amide bonds. The number of carbonyl (C=O) groups is 1. The zero-order chi connectivity index (χ0) is 20.9. The predicted molar refractivity (Wildman–Crippen MR) is 111 cm³/mol. The molecule has 2 heterocycles. The molecule has 2 N–H and O–H groups in total. The van der Waals surface area contributed by atoms with Gasteiger partial charge >= 0.3 is 0 Å². The summed E-state index contributed by atoms with van der Waals surface area (Å²) in [4.78, 5) is 16.5. The third kappa shape index (κ3) is 4.03. The van der Waals surface area contributed by atoms with Gasteiger partial charge in [0.05, 0.1) is 18.0 Å². The van der Waals surface area contributed by atoms with Gasteiger partial charge in [-0.1, -0.05) is 54.6 Å². The van der Waals surface area contributed by atoms with Gasteiger partial charge in [-0.05, 0) is 16.7 Å². The van der Waals surface area contributed by atoms with Crippen molar-refractivity contribution >= 4 is 5.91 Å². The van der Waals surface area contributed by atoms with Crippen LogP contribution in [-0.2, 0) is 6.54 Å². The van der Waals surface area contributed by atoms with E-state index in [4.69, 9.17) is 5.26 Å². The van der Waals surface area contributed by atoms with Gasteiger partial charge in [0.25, 0.3) is 5.91 Å². The summed E-state index contributed by atoms with van der Waals surface area (Å²) in [5, 5.41) is 25.6. The molecule has 0 atom stereocenters. The number of aromatic hydroxyl groups is 1. The maximum atomic E-state index is 12.4. The molecule has 4 rings (SSSR count). The Bertz CT molecular complexity index is 1220. The van der Waals surface area contributed by atoms with Gasteiger partial charge in [-0.2, -0.15) is 10.4 Å². The first-order chi connectivity index (χ1) is 14.6. The predicted octanol–water partition coefficient (Wildman–Crippen LogP) is 3.44. The topological polar surface area (TPSA) is 104 Å². The van der Waals surface area contributed by atoms with E-state index in [1.807, 2.05) is 48.5 Å². The molecular formula is C23H17N5O2. The molecule has 146 valence electrons. The lowest BCUT2D eigenvalue weighted by Crippen LogP contribution is -2.22. The Morgan fingerprint density at radius 3 is 2.50 bits per heavy atom. The molecule has 7 heteroatoms. The van der Waals surface area contributed by atoms with E-state index in [1.54, 1.807) is 0 Å². The molecule has 0 saturated heterocycles. The molecule has 0 fully saturated rings. The molecule has 2 aromatic carbocycles. The van der Waals surface area contributed by atoms with E-state index in [9.17, 15) is 9.90 Å². The summed E-state index contributed by atoms with van der Waals surface area (Å²) >= 11 is 0. The number of rotatable bonds is 5. The molecule has 0 aliphatic carbocycles. The third-order valence-corrected chi connectivity index (χ3v) is 4.58. The van der Waals surface area contributed by atoms with Crippen LogP contribution in [0.4, 0.5) is 0 Å². The number of amides is 1. The fourth-order valence-electron chi connectivity index (χ4n) is 2.94. The van der Waals surface area contributed by atoms with E-state index < -0.39 is 0 Å². The molecule has 0 radical (unpaired) electrons. The van der Waals surface area contributed by atoms with E-state index >= 15 is 0 Å². The summed E-state index contributed by atoms with van der Waals surface area (Å²) in [6.07, 6.45) is 4.19. The van der Waals surface area contributed by atoms with E-state index in [2.05, 4.69) is 27.5 Å². The monoisotopic (exact) mass is 395 g/mol. The first-order valence-electron chi connectivity index (χ1n) is 9.21. The van der Waals surface area contributed by atoms with Crippen LogP contribution in [-0.4, -0.2) is 25.8 Å². The lowest BCUT2D eigenvalue weighted by atomic mass is 10.0. The Kier molecular flexibility index (Phi) is 5.22. The quantitative estimate of drug-likeness (QED) is 0.539. The van der Waals surface area contributed by atoms with Crippen molar-refractivity contribution in [3.8, 4) is 28.8 Å². The fourth-order valence-corrected chi connectivity index (χ4v) is 2.94. The first kappa shape index (κ1) is 18.9. The first-order valence-corrected chi connectivity index (χ1v) is 9.21. The molecule has 4 aromatic rings. The average molecular weight is 395 g/mol. The second kappa shape index (κ2) is 8.29. The summed E-state index contributed by atoms with van der Waals surface area (Å²) in [5.41, 5.74) is 3.67.